The van der Waals surface area contributed by atoms with Crippen LogP contribution in [0, 0.1) is 5.92 Å². The van der Waals surface area contributed by atoms with Crippen LogP contribution < -0.4 is 10.7 Å². The zero-order valence-corrected chi connectivity index (χ0v) is 13.5. The summed E-state index contributed by atoms with van der Waals surface area (Å²) in [5.74, 6) is 1.72. The van der Waals surface area contributed by atoms with E-state index in [1.54, 1.807) is 24.3 Å². The quantitative estimate of drug-likeness (QED) is 0.451. The topological polar surface area (TPSA) is 60.2 Å². The molecule has 0 spiro atoms. The minimum atomic E-state index is 0.113. The molecule has 0 bridgehead atoms. The lowest BCUT2D eigenvalue weighted by Crippen LogP contribution is -2.70. The van der Waals surface area contributed by atoms with Crippen molar-refractivity contribution in [2.75, 3.05) is 0 Å². The van der Waals surface area contributed by atoms with Crippen LogP contribution in [0.3, 0.4) is 0 Å². The van der Waals surface area contributed by atoms with Crippen LogP contribution in [0.1, 0.15) is 37.8 Å². The van der Waals surface area contributed by atoms with Crippen molar-refractivity contribution in [3.05, 3.63) is 59.7 Å². The molecule has 4 N–H and O–H groups in total. The molecular formula is C19H25N2O+. The van der Waals surface area contributed by atoms with Gasteiger partial charge < -0.3 is 5.11 Å². The van der Waals surface area contributed by atoms with Crippen molar-refractivity contribution in [1.82, 2.24) is 0 Å². The van der Waals surface area contributed by atoms with E-state index in [2.05, 4.69) is 50.0 Å². The molecule has 2 aromatic carbocycles. The van der Waals surface area contributed by atoms with Gasteiger partial charge in [-0.05, 0) is 54.7 Å². The Morgan fingerprint density at radius 3 is 2.14 bits per heavy atom. The maximum atomic E-state index is 9.30. The lowest BCUT2D eigenvalue weighted by atomic mass is 9.96. The molecule has 0 aliphatic heterocycles. The maximum absolute atomic E-state index is 9.30. The van der Waals surface area contributed by atoms with Crippen LogP contribution in [-0.4, -0.2) is 10.9 Å². The lowest BCUT2D eigenvalue weighted by molar-refractivity contribution is -0.357. The molecule has 116 valence electrons. The third kappa shape index (κ3) is 4.35. The summed E-state index contributed by atoms with van der Waals surface area (Å²) in [4.78, 5) is 3.20. The van der Waals surface area contributed by atoms with Crippen LogP contribution in [0.15, 0.2) is 48.5 Å². The molecule has 22 heavy (non-hydrogen) atoms. The van der Waals surface area contributed by atoms with Gasteiger partial charge in [0.1, 0.15) is 11.4 Å². The molecule has 1 atom stereocenters. The van der Waals surface area contributed by atoms with Gasteiger partial charge in [0.25, 0.3) is 5.84 Å². The van der Waals surface area contributed by atoms with E-state index in [0.717, 1.165) is 12.1 Å². The smallest absolute Gasteiger partial charge is 0.252 e. The van der Waals surface area contributed by atoms with Crippen LogP contribution in [0.2, 0.25) is 0 Å². The van der Waals surface area contributed by atoms with Gasteiger partial charge in [-0.2, -0.15) is 0 Å². The number of nitrogens with two attached hydrogens (primary N) is 1. The monoisotopic (exact) mass is 297 g/mol. The Kier molecular flexibility index (Phi) is 5.21. The van der Waals surface area contributed by atoms with Crippen molar-refractivity contribution < 1.29 is 10.1 Å². The Hall–Kier alpha value is -2.29. The van der Waals surface area contributed by atoms with Crippen molar-refractivity contribution in [2.24, 2.45) is 11.7 Å². The van der Waals surface area contributed by atoms with Gasteiger partial charge in [0.2, 0.25) is 0 Å². The van der Waals surface area contributed by atoms with E-state index < -0.39 is 0 Å². The van der Waals surface area contributed by atoms with Gasteiger partial charge in [-0.25, -0.2) is 4.99 Å². The predicted molar refractivity (Wildman–Crippen MR) is 91.3 cm³/mol. The first kappa shape index (κ1) is 16.1. The second-order valence-electron chi connectivity index (χ2n) is 6.19. The number of amidine groups is 1. The average Bonchev–Trinajstić information content (AvgIpc) is 2.49. The van der Waals surface area contributed by atoms with Gasteiger partial charge in [0.15, 0.2) is 0 Å². The number of rotatable bonds is 5. The minimum Gasteiger partial charge on any atom is -0.508 e. The Balaban J connectivity index is 2.12. The fraction of sp³-hybridized carbons (Fsp3) is 0.316. The molecule has 0 heterocycles. The Bertz CT molecular complexity index is 627. The fourth-order valence-electron chi connectivity index (χ4n) is 2.41. The van der Waals surface area contributed by atoms with Crippen molar-refractivity contribution in [1.29, 1.82) is 0 Å². The number of phenols is 1. The lowest BCUT2D eigenvalue weighted by Gasteiger charge is -2.10. The highest BCUT2D eigenvalue weighted by atomic mass is 16.3. The van der Waals surface area contributed by atoms with Crippen molar-refractivity contribution in [3.63, 3.8) is 0 Å². The summed E-state index contributed by atoms with van der Waals surface area (Å²) in [6, 6.07) is 15.5. The third-order valence-corrected chi connectivity index (χ3v) is 3.75. The van der Waals surface area contributed by atoms with Crippen LogP contribution in [-0.2, 0) is 6.42 Å². The van der Waals surface area contributed by atoms with E-state index in [4.69, 9.17) is 5.73 Å². The molecule has 0 saturated heterocycles. The number of phenolic OH excluding ortho intramolecular Hbond substituents is 1. The first-order valence-corrected chi connectivity index (χ1v) is 7.73. The number of hydrogen-bond donors (Lipinski definition) is 3. The Labute approximate surface area is 132 Å². The van der Waals surface area contributed by atoms with Gasteiger partial charge in [-0.1, -0.05) is 38.1 Å². The fourth-order valence-corrected chi connectivity index (χ4v) is 2.41. The van der Waals surface area contributed by atoms with Crippen LogP contribution in [0.5, 0.6) is 5.75 Å². The zero-order chi connectivity index (χ0) is 16.1. The van der Waals surface area contributed by atoms with E-state index in [0.29, 0.717) is 11.8 Å². The van der Waals surface area contributed by atoms with E-state index in [1.807, 2.05) is 0 Å². The van der Waals surface area contributed by atoms with E-state index >= 15 is 0 Å². The molecule has 2 rings (SSSR count). The summed E-state index contributed by atoms with van der Waals surface area (Å²) in [5.41, 5.74) is 9.60. The zero-order valence-electron chi connectivity index (χ0n) is 13.5. The van der Waals surface area contributed by atoms with Gasteiger partial charge >= 0.3 is 0 Å². The summed E-state index contributed by atoms with van der Waals surface area (Å²) in [5, 5.41) is 9.30. The second kappa shape index (κ2) is 7.12. The van der Waals surface area contributed by atoms with Crippen LogP contribution >= 0.6 is 0 Å². The normalized spacial score (nSPS) is 13.4. The number of benzene rings is 2. The van der Waals surface area contributed by atoms with Crippen LogP contribution in [0.25, 0.3) is 0 Å². The molecule has 2 aromatic rings. The SMILES string of the molecule is CC(C)Cc1ccc([C@@H](C)C(N)=[NH+]c2ccc(O)cc2)cc1. The van der Waals surface area contributed by atoms with E-state index in [-0.39, 0.29) is 11.7 Å². The van der Waals surface area contributed by atoms with E-state index in [9.17, 15) is 5.11 Å². The summed E-state index contributed by atoms with van der Waals surface area (Å²) in [7, 11) is 0. The summed E-state index contributed by atoms with van der Waals surface area (Å²) >= 11 is 0. The standard InChI is InChI=1S/C19H24N2O/c1-13(2)12-15-4-6-16(7-5-15)14(3)19(20)21-17-8-10-18(22)11-9-17/h4-11,13-14,22H,12H2,1-3H3,(H2,20,21)/p+1/t14-/m1/s1. The summed E-state index contributed by atoms with van der Waals surface area (Å²) in [6.07, 6.45) is 1.10. The first-order valence-electron chi connectivity index (χ1n) is 7.73. The molecule has 0 radical (unpaired) electrons. The molecule has 0 aromatic heterocycles. The molecular weight excluding hydrogens is 272 g/mol. The molecule has 0 fully saturated rings. The highest BCUT2D eigenvalue weighted by Gasteiger charge is 2.15. The predicted octanol–water partition coefficient (Wildman–Crippen LogP) is 2.46. The first-order chi connectivity index (χ1) is 10.5. The highest BCUT2D eigenvalue weighted by Crippen LogP contribution is 2.17. The highest BCUT2D eigenvalue weighted by molar-refractivity contribution is 5.82. The second-order valence-corrected chi connectivity index (χ2v) is 6.19. The summed E-state index contributed by atoms with van der Waals surface area (Å²) in [6.45, 7) is 6.54. The molecule has 0 aliphatic rings. The van der Waals surface area contributed by atoms with Gasteiger partial charge in [0, 0.05) is 0 Å². The van der Waals surface area contributed by atoms with Crippen molar-refractivity contribution in [2.45, 2.75) is 33.1 Å². The minimum absolute atomic E-state index is 0.113. The molecule has 3 heteroatoms. The molecule has 0 aliphatic carbocycles. The van der Waals surface area contributed by atoms with Crippen molar-refractivity contribution in [3.8, 4) is 5.75 Å². The average molecular weight is 297 g/mol. The Morgan fingerprint density at radius 2 is 1.59 bits per heavy atom. The summed E-state index contributed by atoms with van der Waals surface area (Å²) < 4.78 is 0. The van der Waals surface area contributed by atoms with Gasteiger partial charge in [-0.3, -0.25) is 5.73 Å². The maximum Gasteiger partial charge on any atom is 0.252 e. The molecule has 3 nitrogen and oxygen atoms in total. The number of hydrogen-bond acceptors (Lipinski definition) is 1. The van der Waals surface area contributed by atoms with Crippen LogP contribution in [0.4, 0.5) is 5.69 Å². The Morgan fingerprint density at radius 1 is 1.00 bits per heavy atom. The molecule has 0 amide bonds. The number of nitrogens with one attached hydrogen (secondary N) is 1. The molecule has 0 saturated carbocycles. The third-order valence-electron chi connectivity index (χ3n) is 3.75. The van der Waals surface area contributed by atoms with Gasteiger partial charge in [0.05, 0.1) is 5.92 Å². The molecule has 0 unspecified atom stereocenters. The van der Waals surface area contributed by atoms with Crippen molar-refractivity contribution >= 4 is 11.5 Å². The van der Waals surface area contributed by atoms with E-state index in [1.165, 1.54) is 11.1 Å². The largest absolute Gasteiger partial charge is 0.508 e. The van der Waals surface area contributed by atoms with Gasteiger partial charge in [-0.15, -0.1) is 0 Å². The number of aromatic hydroxyl groups is 1.